The van der Waals surface area contributed by atoms with Gasteiger partial charge in [0.25, 0.3) is 0 Å². The molecule has 15 heavy (non-hydrogen) atoms. The molecule has 1 aliphatic heterocycles. The van der Waals surface area contributed by atoms with E-state index in [2.05, 4.69) is 29.8 Å². The lowest BCUT2D eigenvalue weighted by Gasteiger charge is -2.28. The molecule has 1 aromatic rings. The van der Waals surface area contributed by atoms with Crippen LogP contribution in [0.2, 0.25) is 5.15 Å². The molecule has 3 heteroatoms. The highest BCUT2D eigenvalue weighted by Crippen LogP contribution is 2.33. The number of pyridine rings is 1. The first-order valence-electron chi connectivity index (χ1n) is 5.55. The van der Waals surface area contributed by atoms with Crippen LogP contribution in [0.3, 0.4) is 0 Å². The van der Waals surface area contributed by atoms with Crippen molar-refractivity contribution in [1.82, 2.24) is 9.88 Å². The maximum atomic E-state index is 5.79. The highest BCUT2D eigenvalue weighted by Gasteiger charge is 2.27. The van der Waals surface area contributed by atoms with Crippen LogP contribution >= 0.6 is 11.6 Å². The van der Waals surface area contributed by atoms with Crippen molar-refractivity contribution in [2.24, 2.45) is 0 Å². The minimum absolute atomic E-state index is 0.537. The number of halogens is 1. The zero-order chi connectivity index (χ0) is 10.8. The van der Waals surface area contributed by atoms with Crippen LogP contribution in [0.25, 0.3) is 0 Å². The molecule has 82 valence electrons. The first kappa shape index (κ1) is 10.9. The molecule has 1 fully saturated rings. The maximum absolute atomic E-state index is 5.79. The van der Waals surface area contributed by atoms with Gasteiger partial charge in [-0.2, -0.15) is 0 Å². The molecule has 0 amide bonds. The molecular weight excluding hydrogens is 208 g/mol. The number of nitrogens with zero attached hydrogens (tertiary/aromatic N) is 2. The Morgan fingerprint density at radius 3 is 2.87 bits per heavy atom. The normalized spacial score (nSPS) is 22.5. The number of hydrogen-bond donors (Lipinski definition) is 0. The molecule has 0 unspecified atom stereocenters. The fraction of sp³-hybridized carbons (Fsp3) is 0.583. The van der Waals surface area contributed by atoms with Crippen LogP contribution in [0, 0.1) is 0 Å². The summed E-state index contributed by atoms with van der Waals surface area (Å²) in [5.74, 6) is 0. The van der Waals surface area contributed by atoms with E-state index in [1.54, 1.807) is 0 Å². The SMILES string of the molecule is CC(C)N1CCC[C@H]1c1ccc(Cl)nc1. The molecule has 1 saturated heterocycles. The molecule has 0 aromatic carbocycles. The van der Waals surface area contributed by atoms with Gasteiger partial charge in [-0.1, -0.05) is 17.7 Å². The van der Waals surface area contributed by atoms with Gasteiger partial charge in [-0.3, -0.25) is 4.90 Å². The van der Waals surface area contributed by atoms with Crippen LogP contribution in [0.4, 0.5) is 0 Å². The Morgan fingerprint density at radius 2 is 2.27 bits per heavy atom. The molecule has 1 aliphatic rings. The molecule has 0 spiro atoms. The van der Waals surface area contributed by atoms with E-state index in [4.69, 9.17) is 11.6 Å². The van der Waals surface area contributed by atoms with Crippen LogP contribution in [0.15, 0.2) is 18.3 Å². The van der Waals surface area contributed by atoms with Crippen LogP contribution in [-0.2, 0) is 0 Å². The van der Waals surface area contributed by atoms with Crippen LogP contribution in [0.1, 0.15) is 38.3 Å². The van der Waals surface area contributed by atoms with Crippen molar-refractivity contribution in [1.29, 1.82) is 0 Å². The first-order chi connectivity index (χ1) is 7.18. The van der Waals surface area contributed by atoms with E-state index in [1.165, 1.54) is 24.9 Å². The van der Waals surface area contributed by atoms with E-state index in [0.717, 1.165) is 0 Å². The monoisotopic (exact) mass is 224 g/mol. The lowest BCUT2D eigenvalue weighted by atomic mass is 10.1. The van der Waals surface area contributed by atoms with Crippen molar-refractivity contribution in [3.05, 3.63) is 29.0 Å². The quantitative estimate of drug-likeness (QED) is 0.717. The van der Waals surface area contributed by atoms with Gasteiger partial charge in [0.1, 0.15) is 5.15 Å². The highest BCUT2D eigenvalue weighted by atomic mass is 35.5. The third-order valence-electron chi connectivity index (χ3n) is 3.09. The third-order valence-corrected chi connectivity index (χ3v) is 3.32. The molecule has 2 rings (SSSR count). The molecule has 1 aromatic heterocycles. The smallest absolute Gasteiger partial charge is 0.129 e. The average Bonchev–Trinajstić information content (AvgIpc) is 2.67. The average molecular weight is 225 g/mol. The van der Waals surface area contributed by atoms with Gasteiger partial charge in [-0.25, -0.2) is 4.98 Å². The van der Waals surface area contributed by atoms with Crippen LogP contribution in [0.5, 0.6) is 0 Å². The van der Waals surface area contributed by atoms with E-state index in [9.17, 15) is 0 Å². The van der Waals surface area contributed by atoms with Crippen molar-refractivity contribution >= 4 is 11.6 Å². The first-order valence-corrected chi connectivity index (χ1v) is 5.93. The number of aromatic nitrogens is 1. The second-order valence-corrected chi connectivity index (χ2v) is 4.79. The molecule has 0 N–H and O–H groups in total. The molecule has 0 aliphatic carbocycles. The zero-order valence-corrected chi connectivity index (χ0v) is 10.0. The number of likely N-dealkylation sites (tertiary alicyclic amines) is 1. The summed E-state index contributed by atoms with van der Waals surface area (Å²) in [5.41, 5.74) is 1.30. The van der Waals surface area contributed by atoms with E-state index < -0.39 is 0 Å². The van der Waals surface area contributed by atoms with Gasteiger partial charge in [-0.15, -0.1) is 0 Å². The summed E-state index contributed by atoms with van der Waals surface area (Å²) in [6, 6.07) is 5.12. The zero-order valence-electron chi connectivity index (χ0n) is 9.28. The van der Waals surface area contributed by atoms with E-state index in [1.807, 2.05) is 12.3 Å². The number of rotatable bonds is 2. The lowest BCUT2D eigenvalue weighted by Crippen LogP contribution is -2.30. The summed E-state index contributed by atoms with van der Waals surface area (Å²) in [7, 11) is 0. The van der Waals surface area contributed by atoms with Gasteiger partial charge in [0, 0.05) is 18.3 Å². The Balaban J connectivity index is 2.19. The molecule has 2 heterocycles. The van der Waals surface area contributed by atoms with Crippen molar-refractivity contribution in [2.75, 3.05) is 6.54 Å². The van der Waals surface area contributed by atoms with Crippen molar-refractivity contribution in [3.8, 4) is 0 Å². The largest absolute Gasteiger partial charge is 0.294 e. The topological polar surface area (TPSA) is 16.1 Å². The summed E-state index contributed by atoms with van der Waals surface area (Å²) < 4.78 is 0. The van der Waals surface area contributed by atoms with Gasteiger partial charge in [0.2, 0.25) is 0 Å². The Kier molecular flexibility index (Phi) is 3.27. The van der Waals surface area contributed by atoms with Crippen molar-refractivity contribution < 1.29 is 0 Å². The van der Waals surface area contributed by atoms with Gasteiger partial charge in [0.05, 0.1) is 0 Å². The molecule has 0 radical (unpaired) electrons. The fourth-order valence-electron chi connectivity index (χ4n) is 2.35. The Labute approximate surface area is 96.3 Å². The van der Waals surface area contributed by atoms with Crippen molar-refractivity contribution in [2.45, 2.75) is 38.8 Å². The van der Waals surface area contributed by atoms with Gasteiger partial charge < -0.3 is 0 Å². The summed E-state index contributed by atoms with van der Waals surface area (Å²) in [6.45, 7) is 5.70. The summed E-state index contributed by atoms with van der Waals surface area (Å²) in [5, 5.41) is 0.577. The minimum atomic E-state index is 0.537. The Morgan fingerprint density at radius 1 is 1.47 bits per heavy atom. The summed E-state index contributed by atoms with van der Waals surface area (Å²) >= 11 is 5.79. The Hall–Kier alpha value is -0.600. The predicted molar refractivity (Wildman–Crippen MR) is 63.1 cm³/mol. The predicted octanol–water partition coefficient (Wildman–Crippen LogP) is 3.28. The summed E-state index contributed by atoms with van der Waals surface area (Å²) in [6.07, 6.45) is 4.43. The van der Waals surface area contributed by atoms with Gasteiger partial charge >= 0.3 is 0 Å². The maximum Gasteiger partial charge on any atom is 0.129 e. The second-order valence-electron chi connectivity index (χ2n) is 4.40. The van der Waals surface area contributed by atoms with Gasteiger partial charge in [0.15, 0.2) is 0 Å². The highest BCUT2D eigenvalue weighted by molar-refractivity contribution is 6.29. The lowest BCUT2D eigenvalue weighted by molar-refractivity contribution is 0.205. The van der Waals surface area contributed by atoms with Crippen LogP contribution < -0.4 is 0 Å². The fourth-order valence-corrected chi connectivity index (χ4v) is 2.46. The molecule has 0 bridgehead atoms. The molecule has 1 atom stereocenters. The second kappa shape index (κ2) is 4.50. The van der Waals surface area contributed by atoms with Crippen LogP contribution in [-0.4, -0.2) is 22.5 Å². The molecule has 0 saturated carbocycles. The number of hydrogen-bond acceptors (Lipinski definition) is 2. The van der Waals surface area contributed by atoms with Crippen molar-refractivity contribution in [3.63, 3.8) is 0 Å². The summed E-state index contributed by atoms with van der Waals surface area (Å²) in [4.78, 5) is 6.69. The van der Waals surface area contributed by atoms with E-state index >= 15 is 0 Å². The molecule has 2 nitrogen and oxygen atoms in total. The third kappa shape index (κ3) is 2.32. The van der Waals surface area contributed by atoms with Gasteiger partial charge in [-0.05, 0) is 44.9 Å². The standard InChI is InChI=1S/C12H17ClN2/c1-9(2)15-7-3-4-11(15)10-5-6-12(13)14-8-10/h5-6,8-9,11H,3-4,7H2,1-2H3/t11-/m0/s1. The Bertz CT molecular complexity index is 321. The van der Waals surface area contributed by atoms with E-state index in [-0.39, 0.29) is 0 Å². The minimum Gasteiger partial charge on any atom is -0.294 e. The molecular formula is C12H17ClN2. The van der Waals surface area contributed by atoms with E-state index in [0.29, 0.717) is 17.2 Å².